The third-order valence-electron chi connectivity index (χ3n) is 2.99. The van der Waals surface area contributed by atoms with E-state index in [0.717, 1.165) is 12.1 Å². The van der Waals surface area contributed by atoms with Crippen molar-refractivity contribution in [3.05, 3.63) is 48.3 Å². The summed E-state index contributed by atoms with van der Waals surface area (Å²) in [5, 5.41) is 0. The standard InChI is InChI=1S/C14H13F3N2O2S/c1-2-22(20,21)19-13-7-8-18-9-12(13)10-3-5-11(6-4-10)14(15,16)17/h3-9H,2H2,1H3,(H,18,19). The number of halogens is 3. The van der Waals surface area contributed by atoms with Crippen molar-refractivity contribution in [3.63, 3.8) is 0 Å². The molecule has 0 saturated carbocycles. The minimum Gasteiger partial charge on any atom is -0.283 e. The van der Waals surface area contributed by atoms with Gasteiger partial charge in [-0.25, -0.2) is 8.42 Å². The molecule has 1 aromatic heterocycles. The Bertz CT molecular complexity index is 756. The van der Waals surface area contributed by atoms with Gasteiger partial charge >= 0.3 is 6.18 Å². The number of aromatic nitrogens is 1. The Balaban J connectivity index is 2.41. The van der Waals surface area contributed by atoms with Gasteiger partial charge in [-0.3, -0.25) is 9.71 Å². The maximum atomic E-state index is 12.6. The fourth-order valence-corrected chi connectivity index (χ4v) is 2.45. The number of hydrogen-bond donors (Lipinski definition) is 1. The quantitative estimate of drug-likeness (QED) is 0.933. The van der Waals surface area contributed by atoms with Crippen LogP contribution in [0.2, 0.25) is 0 Å². The first-order chi connectivity index (χ1) is 10.2. The second-order valence-electron chi connectivity index (χ2n) is 4.50. The van der Waals surface area contributed by atoms with Crippen molar-refractivity contribution in [2.75, 3.05) is 10.5 Å². The Morgan fingerprint density at radius 1 is 1.14 bits per heavy atom. The molecule has 1 N–H and O–H groups in total. The van der Waals surface area contributed by atoms with E-state index in [1.165, 1.54) is 37.5 Å². The van der Waals surface area contributed by atoms with Gasteiger partial charge in [0.05, 0.1) is 17.0 Å². The molecule has 8 heteroatoms. The van der Waals surface area contributed by atoms with E-state index in [0.29, 0.717) is 11.1 Å². The van der Waals surface area contributed by atoms with Crippen molar-refractivity contribution in [2.45, 2.75) is 13.1 Å². The van der Waals surface area contributed by atoms with E-state index in [9.17, 15) is 21.6 Å². The largest absolute Gasteiger partial charge is 0.416 e. The molecule has 0 aliphatic heterocycles. The topological polar surface area (TPSA) is 59.1 Å². The molecule has 0 saturated heterocycles. The van der Waals surface area contributed by atoms with Crippen molar-refractivity contribution >= 4 is 15.7 Å². The Labute approximate surface area is 126 Å². The van der Waals surface area contributed by atoms with Crippen LogP contribution < -0.4 is 4.72 Å². The van der Waals surface area contributed by atoms with Crippen LogP contribution >= 0.6 is 0 Å². The number of sulfonamides is 1. The first kappa shape index (κ1) is 16.3. The SMILES string of the molecule is CCS(=O)(=O)Nc1ccncc1-c1ccc(C(F)(F)F)cc1. The van der Waals surface area contributed by atoms with Crippen LogP contribution in [0.5, 0.6) is 0 Å². The number of alkyl halides is 3. The van der Waals surface area contributed by atoms with Crippen molar-refractivity contribution in [1.29, 1.82) is 0 Å². The molecule has 0 spiro atoms. The summed E-state index contributed by atoms with van der Waals surface area (Å²) in [4.78, 5) is 3.89. The third kappa shape index (κ3) is 3.76. The number of pyridine rings is 1. The lowest BCUT2D eigenvalue weighted by molar-refractivity contribution is -0.137. The van der Waals surface area contributed by atoms with Crippen LogP contribution in [0.3, 0.4) is 0 Å². The Morgan fingerprint density at radius 3 is 2.32 bits per heavy atom. The minimum atomic E-state index is -4.42. The van der Waals surface area contributed by atoms with Gasteiger partial charge in [0.15, 0.2) is 0 Å². The van der Waals surface area contributed by atoms with Gasteiger partial charge in [0.2, 0.25) is 10.0 Å². The fourth-order valence-electron chi connectivity index (χ4n) is 1.79. The molecule has 0 bridgehead atoms. The summed E-state index contributed by atoms with van der Waals surface area (Å²) in [6.45, 7) is 1.49. The van der Waals surface area contributed by atoms with Gasteiger partial charge in [0.1, 0.15) is 0 Å². The maximum absolute atomic E-state index is 12.6. The molecule has 2 aromatic rings. The molecule has 0 radical (unpaired) electrons. The van der Waals surface area contributed by atoms with E-state index in [2.05, 4.69) is 9.71 Å². The summed E-state index contributed by atoms with van der Waals surface area (Å²) in [5.41, 5.74) is 0.357. The zero-order chi connectivity index (χ0) is 16.4. The van der Waals surface area contributed by atoms with Crippen molar-refractivity contribution in [3.8, 4) is 11.1 Å². The van der Waals surface area contributed by atoms with E-state index in [1.54, 1.807) is 0 Å². The van der Waals surface area contributed by atoms with Crippen molar-refractivity contribution < 1.29 is 21.6 Å². The molecule has 0 atom stereocenters. The molecule has 0 fully saturated rings. The van der Waals surface area contributed by atoms with Gasteiger partial charge in [-0.2, -0.15) is 13.2 Å². The number of nitrogens with one attached hydrogen (secondary N) is 1. The first-order valence-corrected chi connectivity index (χ1v) is 8.00. The van der Waals surface area contributed by atoms with Crippen LogP contribution in [0, 0.1) is 0 Å². The number of nitrogens with zero attached hydrogens (tertiary/aromatic N) is 1. The highest BCUT2D eigenvalue weighted by atomic mass is 32.2. The highest BCUT2D eigenvalue weighted by Crippen LogP contribution is 2.33. The zero-order valence-electron chi connectivity index (χ0n) is 11.6. The molecule has 118 valence electrons. The van der Waals surface area contributed by atoms with Crippen LogP contribution in [0.25, 0.3) is 11.1 Å². The normalized spacial score (nSPS) is 12.2. The lowest BCUT2D eigenvalue weighted by Crippen LogP contribution is -2.15. The molecule has 1 aromatic carbocycles. The van der Waals surface area contributed by atoms with E-state index in [-0.39, 0.29) is 11.4 Å². The van der Waals surface area contributed by atoms with Gasteiger partial charge in [0, 0.05) is 18.0 Å². The van der Waals surface area contributed by atoms with Gasteiger partial charge in [-0.05, 0) is 30.7 Å². The molecular formula is C14H13F3N2O2S. The van der Waals surface area contributed by atoms with Crippen LogP contribution in [0.4, 0.5) is 18.9 Å². The van der Waals surface area contributed by atoms with Crippen LogP contribution in [-0.4, -0.2) is 19.2 Å². The average Bonchev–Trinajstić information content (AvgIpc) is 2.47. The van der Waals surface area contributed by atoms with Crippen LogP contribution in [-0.2, 0) is 16.2 Å². The Hall–Kier alpha value is -2.09. The fraction of sp³-hybridized carbons (Fsp3) is 0.214. The molecule has 22 heavy (non-hydrogen) atoms. The average molecular weight is 330 g/mol. The smallest absolute Gasteiger partial charge is 0.283 e. The Kier molecular flexibility index (Phi) is 4.41. The van der Waals surface area contributed by atoms with E-state index in [1.807, 2.05) is 0 Å². The molecule has 0 aliphatic carbocycles. The number of hydrogen-bond acceptors (Lipinski definition) is 3. The van der Waals surface area contributed by atoms with Gasteiger partial charge in [-0.15, -0.1) is 0 Å². The van der Waals surface area contributed by atoms with E-state index >= 15 is 0 Å². The summed E-state index contributed by atoms with van der Waals surface area (Å²) < 4.78 is 63.4. The highest BCUT2D eigenvalue weighted by Gasteiger charge is 2.30. The first-order valence-electron chi connectivity index (χ1n) is 6.35. The third-order valence-corrected chi connectivity index (χ3v) is 4.28. The van der Waals surface area contributed by atoms with E-state index < -0.39 is 21.8 Å². The second-order valence-corrected chi connectivity index (χ2v) is 6.51. The number of rotatable bonds is 4. The van der Waals surface area contributed by atoms with Gasteiger partial charge < -0.3 is 0 Å². The Morgan fingerprint density at radius 2 is 1.77 bits per heavy atom. The van der Waals surface area contributed by atoms with Crippen molar-refractivity contribution in [2.24, 2.45) is 0 Å². The molecule has 4 nitrogen and oxygen atoms in total. The molecule has 0 aliphatic rings. The lowest BCUT2D eigenvalue weighted by Gasteiger charge is -2.12. The summed E-state index contributed by atoms with van der Waals surface area (Å²) >= 11 is 0. The number of benzene rings is 1. The van der Waals surface area contributed by atoms with Gasteiger partial charge in [0.25, 0.3) is 0 Å². The monoisotopic (exact) mass is 330 g/mol. The predicted molar refractivity (Wildman–Crippen MR) is 77.8 cm³/mol. The summed E-state index contributed by atoms with van der Waals surface area (Å²) in [5.74, 6) is -0.109. The molecule has 0 amide bonds. The second kappa shape index (κ2) is 5.96. The minimum absolute atomic E-state index is 0.109. The summed E-state index contributed by atoms with van der Waals surface area (Å²) in [7, 11) is -3.49. The van der Waals surface area contributed by atoms with Crippen molar-refractivity contribution in [1.82, 2.24) is 4.98 Å². The number of anilines is 1. The molecule has 2 rings (SSSR count). The molecular weight excluding hydrogens is 317 g/mol. The van der Waals surface area contributed by atoms with Gasteiger partial charge in [-0.1, -0.05) is 12.1 Å². The molecule has 0 unspecified atom stereocenters. The summed E-state index contributed by atoms with van der Waals surface area (Å²) in [6, 6.07) is 5.91. The highest BCUT2D eigenvalue weighted by molar-refractivity contribution is 7.92. The van der Waals surface area contributed by atoms with E-state index in [4.69, 9.17) is 0 Å². The summed E-state index contributed by atoms with van der Waals surface area (Å²) in [6.07, 6.45) is -1.61. The zero-order valence-corrected chi connectivity index (χ0v) is 12.4. The predicted octanol–water partition coefficient (Wildman–Crippen LogP) is 3.53. The maximum Gasteiger partial charge on any atom is 0.416 e. The molecule has 1 heterocycles. The van der Waals surface area contributed by atoms with Crippen LogP contribution in [0.1, 0.15) is 12.5 Å². The lowest BCUT2D eigenvalue weighted by atomic mass is 10.0. The van der Waals surface area contributed by atoms with Crippen LogP contribution in [0.15, 0.2) is 42.7 Å².